The molecular weight excluding hydrogens is 222 g/mol. The summed E-state index contributed by atoms with van der Waals surface area (Å²) in [6.07, 6.45) is 6.06. The molecule has 1 fully saturated rings. The Bertz CT molecular complexity index is 274. The van der Waals surface area contributed by atoms with Gasteiger partial charge in [0.1, 0.15) is 5.54 Å². The van der Waals surface area contributed by atoms with Gasteiger partial charge in [0.05, 0.1) is 6.07 Å². The Morgan fingerprint density at radius 3 is 2.44 bits per heavy atom. The lowest BCUT2D eigenvalue weighted by Gasteiger charge is -2.39. The Balaban J connectivity index is 2.38. The number of hydrogen-bond acceptors (Lipinski definition) is 3. The summed E-state index contributed by atoms with van der Waals surface area (Å²) in [6.45, 7) is 10.7. The van der Waals surface area contributed by atoms with Crippen molar-refractivity contribution in [2.75, 3.05) is 13.1 Å². The van der Waals surface area contributed by atoms with Crippen LogP contribution in [0.5, 0.6) is 0 Å². The predicted molar refractivity (Wildman–Crippen MR) is 76.4 cm³/mol. The topological polar surface area (TPSA) is 39.1 Å². The van der Waals surface area contributed by atoms with Gasteiger partial charge in [0, 0.05) is 12.1 Å². The molecule has 1 saturated heterocycles. The van der Waals surface area contributed by atoms with E-state index < -0.39 is 0 Å². The average molecular weight is 251 g/mol. The zero-order valence-electron chi connectivity index (χ0n) is 12.5. The lowest BCUT2D eigenvalue weighted by atomic mass is 9.94. The third kappa shape index (κ3) is 4.26. The lowest BCUT2D eigenvalue weighted by molar-refractivity contribution is 0.0993. The Labute approximate surface area is 113 Å². The Morgan fingerprint density at radius 2 is 1.94 bits per heavy atom. The minimum Gasteiger partial charge on any atom is -0.300 e. The molecule has 3 atom stereocenters. The van der Waals surface area contributed by atoms with Gasteiger partial charge in [-0.1, -0.05) is 13.3 Å². The van der Waals surface area contributed by atoms with Crippen molar-refractivity contribution in [2.24, 2.45) is 0 Å². The molecule has 0 aromatic heterocycles. The van der Waals surface area contributed by atoms with Crippen molar-refractivity contribution < 1.29 is 0 Å². The Kier molecular flexibility index (Phi) is 6.11. The van der Waals surface area contributed by atoms with Gasteiger partial charge in [-0.3, -0.25) is 10.2 Å². The summed E-state index contributed by atoms with van der Waals surface area (Å²) < 4.78 is 0. The number of nitrogens with one attached hydrogen (secondary N) is 1. The quantitative estimate of drug-likeness (QED) is 0.789. The largest absolute Gasteiger partial charge is 0.300 e. The van der Waals surface area contributed by atoms with Gasteiger partial charge in [0.2, 0.25) is 0 Å². The molecule has 104 valence electrons. The summed E-state index contributed by atoms with van der Waals surface area (Å²) in [7, 11) is 0. The lowest BCUT2D eigenvalue weighted by Crippen LogP contribution is -2.45. The number of rotatable bonds is 6. The minimum atomic E-state index is -0.350. The van der Waals surface area contributed by atoms with Crippen molar-refractivity contribution in [3.8, 4) is 6.07 Å². The molecule has 18 heavy (non-hydrogen) atoms. The van der Waals surface area contributed by atoms with E-state index in [-0.39, 0.29) is 5.54 Å². The van der Waals surface area contributed by atoms with Gasteiger partial charge in [-0.2, -0.15) is 5.26 Å². The van der Waals surface area contributed by atoms with Crippen molar-refractivity contribution in [3.05, 3.63) is 0 Å². The third-order valence-electron chi connectivity index (χ3n) is 4.28. The van der Waals surface area contributed by atoms with Gasteiger partial charge in [0.15, 0.2) is 0 Å². The smallest absolute Gasteiger partial charge is 0.103 e. The molecule has 3 unspecified atom stereocenters. The highest BCUT2D eigenvalue weighted by Gasteiger charge is 2.26. The summed E-state index contributed by atoms with van der Waals surface area (Å²) in [6, 6.07) is 3.83. The summed E-state index contributed by atoms with van der Waals surface area (Å²) in [4.78, 5) is 2.62. The van der Waals surface area contributed by atoms with Crippen LogP contribution in [0.1, 0.15) is 59.8 Å². The molecule has 1 aliphatic heterocycles. The predicted octanol–water partition coefficient (Wildman–Crippen LogP) is 2.92. The van der Waals surface area contributed by atoms with Crippen LogP contribution in [0.25, 0.3) is 0 Å². The molecular formula is C15H29N3. The van der Waals surface area contributed by atoms with Gasteiger partial charge in [-0.15, -0.1) is 0 Å². The van der Waals surface area contributed by atoms with Crippen molar-refractivity contribution in [3.63, 3.8) is 0 Å². The molecule has 3 nitrogen and oxygen atoms in total. The van der Waals surface area contributed by atoms with E-state index in [9.17, 15) is 5.26 Å². The fourth-order valence-electron chi connectivity index (χ4n) is 3.10. The first-order valence-electron chi connectivity index (χ1n) is 7.44. The molecule has 0 aromatic rings. The van der Waals surface area contributed by atoms with Crippen LogP contribution in [-0.4, -0.2) is 35.6 Å². The maximum atomic E-state index is 9.23. The molecule has 1 N–H and O–H groups in total. The number of likely N-dealkylation sites (tertiary alicyclic amines) is 1. The second-order valence-electron chi connectivity index (χ2n) is 5.94. The van der Waals surface area contributed by atoms with Crippen LogP contribution in [0, 0.1) is 11.3 Å². The normalized spacial score (nSPS) is 28.6. The van der Waals surface area contributed by atoms with Crippen LogP contribution in [0.3, 0.4) is 0 Å². The highest BCUT2D eigenvalue weighted by atomic mass is 15.2. The van der Waals surface area contributed by atoms with Crippen molar-refractivity contribution >= 4 is 0 Å². The third-order valence-corrected chi connectivity index (χ3v) is 4.28. The van der Waals surface area contributed by atoms with E-state index in [1.165, 1.54) is 19.3 Å². The summed E-state index contributed by atoms with van der Waals surface area (Å²) >= 11 is 0. The van der Waals surface area contributed by atoms with Crippen molar-refractivity contribution in [2.45, 2.75) is 77.4 Å². The summed E-state index contributed by atoms with van der Waals surface area (Å²) in [5, 5.41) is 12.5. The highest BCUT2D eigenvalue weighted by molar-refractivity contribution is 5.03. The summed E-state index contributed by atoms with van der Waals surface area (Å²) in [5.74, 6) is 0. The van der Waals surface area contributed by atoms with Crippen molar-refractivity contribution in [1.29, 1.82) is 5.26 Å². The maximum Gasteiger partial charge on any atom is 0.103 e. The van der Waals surface area contributed by atoms with E-state index in [2.05, 4.69) is 37.1 Å². The average Bonchev–Trinajstić information content (AvgIpc) is 2.33. The van der Waals surface area contributed by atoms with E-state index in [1.54, 1.807) is 0 Å². The van der Waals surface area contributed by atoms with Crippen LogP contribution < -0.4 is 5.32 Å². The second-order valence-corrected chi connectivity index (χ2v) is 5.94. The molecule has 0 bridgehead atoms. The molecule has 0 aliphatic carbocycles. The van der Waals surface area contributed by atoms with Gasteiger partial charge in [-0.05, 0) is 59.5 Å². The van der Waals surface area contributed by atoms with Gasteiger partial charge in [0.25, 0.3) is 0 Å². The van der Waals surface area contributed by atoms with Crippen LogP contribution in [-0.2, 0) is 0 Å². The molecule has 1 aliphatic rings. The molecule has 0 radical (unpaired) electrons. The van der Waals surface area contributed by atoms with Gasteiger partial charge < -0.3 is 0 Å². The number of hydrogen-bond donors (Lipinski definition) is 1. The molecule has 0 saturated carbocycles. The second kappa shape index (κ2) is 7.11. The highest BCUT2D eigenvalue weighted by Crippen LogP contribution is 2.23. The minimum absolute atomic E-state index is 0.350. The SMILES string of the molecule is CCNC(C)(C#N)CCCN1C(C)CCCC1C. The van der Waals surface area contributed by atoms with Crippen LogP contribution >= 0.6 is 0 Å². The Hall–Kier alpha value is -0.590. The number of nitriles is 1. The van der Waals surface area contributed by atoms with Crippen LogP contribution in [0.4, 0.5) is 0 Å². The molecule has 0 spiro atoms. The Morgan fingerprint density at radius 1 is 1.33 bits per heavy atom. The first-order chi connectivity index (χ1) is 8.52. The monoisotopic (exact) mass is 251 g/mol. The fourth-order valence-corrected chi connectivity index (χ4v) is 3.10. The number of piperidine rings is 1. The zero-order chi connectivity index (χ0) is 13.6. The molecule has 0 amide bonds. The molecule has 1 heterocycles. The van der Waals surface area contributed by atoms with Crippen LogP contribution in [0.15, 0.2) is 0 Å². The summed E-state index contributed by atoms with van der Waals surface area (Å²) in [5.41, 5.74) is -0.350. The van der Waals surface area contributed by atoms with E-state index in [0.29, 0.717) is 12.1 Å². The van der Waals surface area contributed by atoms with E-state index in [4.69, 9.17) is 0 Å². The zero-order valence-corrected chi connectivity index (χ0v) is 12.5. The first kappa shape index (κ1) is 15.5. The fraction of sp³-hybridized carbons (Fsp3) is 0.933. The van der Waals surface area contributed by atoms with Gasteiger partial charge in [-0.25, -0.2) is 0 Å². The van der Waals surface area contributed by atoms with Crippen molar-refractivity contribution in [1.82, 2.24) is 10.2 Å². The van der Waals surface area contributed by atoms with E-state index in [1.807, 2.05) is 6.92 Å². The van der Waals surface area contributed by atoms with Crippen LogP contribution in [0.2, 0.25) is 0 Å². The standard InChI is InChI=1S/C15H29N3/c1-5-17-15(4,12-16)10-7-11-18-13(2)8-6-9-14(18)3/h13-14,17H,5-11H2,1-4H3. The van der Waals surface area contributed by atoms with E-state index >= 15 is 0 Å². The number of nitrogens with zero attached hydrogens (tertiary/aromatic N) is 2. The first-order valence-corrected chi connectivity index (χ1v) is 7.44. The van der Waals surface area contributed by atoms with E-state index in [0.717, 1.165) is 25.9 Å². The molecule has 0 aromatic carbocycles. The molecule has 3 heteroatoms. The maximum absolute atomic E-state index is 9.23. The van der Waals surface area contributed by atoms with Gasteiger partial charge >= 0.3 is 0 Å². The molecule has 1 rings (SSSR count).